The van der Waals surface area contributed by atoms with Gasteiger partial charge in [0.15, 0.2) is 11.5 Å². The van der Waals surface area contributed by atoms with Crippen molar-refractivity contribution >= 4 is 23.2 Å². The Labute approximate surface area is 123 Å². The maximum absolute atomic E-state index is 11.6. The molecule has 0 aromatic carbocycles. The molecule has 1 fully saturated rings. The monoisotopic (exact) mass is 288 g/mol. The van der Waals surface area contributed by atoms with Gasteiger partial charge in [-0.15, -0.1) is 0 Å². The average Bonchev–Trinajstić information content (AvgIpc) is 3.05. The Bertz CT molecular complexity index is 681. The molecule has 1 unspecified atom stereocenters. The highest BCUT2D eigenvalue weighted by Gasteiger charge is 2.40. The maximum atomic E-state index is 11.6. The van der Waals surface area contributed by atoms with Crippen LogP contribution in [0.25, 0.3) is 5.65 Å². The topological polar surface area (TPSA) is 88.5 Å². The molecule has 1 saturated heterocycles. The second-order valence-corrected chi connectivity index (χ2v) is 5.73. The fourth-order valence-electron chi connectivity index (χ4n) is 2.74. The summed E-state index contributed by atoms with van der Waals surface area (Å²) in [6.07, 6.45) is 6.30. The van der Waals surface area contributed by atoms with E-state index in [0.29, 0.717) is 6.54 Å². The van der Waals surface area contributed by atoms with Gasteiger partial charge in [0, 0.05) is 32.0 Å². The number of fused-ring (bicyclic) bond motifs is 1. The zero-order valence-corrected chi connectivity index (χ0v) is 12.3. The van der Waals surface area contributed by atoms with Crippen molar-refractivity contribution in [1.29, 1.82) is 0 Å². The first-order chi connectivity index (χ1) is 10.0. The van der Waals surface area contributed by atoms with Gasteiger partial charge in [0.1, 0.15) is 5.82 Å². The molecule has 2 aromatic heterocycles. The summed E-state index contributed by atoms with van der Waals surface area (Å²) in [6.45, 7) is 6.06. The van der Waals surface area contributed by atoms with Crippen LogP contribution in [0.15, 0.2) is 18.6 Å². The van der Waals surface area contributed by atoms with E-state index in [9.17, 15) is 4.79 Å². The van der Waals surface area contributed by atoms with Crippen molar-refractivity contribution in [3.8, 4) is 0 Å². The van der Waals surface area contributed by atoms with Gasteiger partial charge in [0.2, 0.25) is 5.91 Å². The van der Waals surface area contributed by atoms with Crippen LogP contribution in [0.5, 0.6) is 0 Å². The van der Waals surface area contributed by atoms with Gasteiger partial charge < -0.3 is 20.4 Å². The van der Waals surface area contributed by atoms with E-state index in [1.54, 1.807) is 6.20 Å². The number of hydrogen-bond donors (Lipinski definition) is 2. The van der Waals surface area contributed by atoms with Crippen LogP contribution in [0.4, 0.5) is 11.6 Å². The molecular formula is C14H20N6O. The Hall–Kier alpha value is -2.31. The molecule has 1 atom stereocenters. The molecule has 0 bridgehead atoms. The van der Waals surface area contributed by atoms with Gasteiger partial charge in [-0.1, -0.05) is 0 Å². The van der Waals surface area contributed by atoms with Gasteiger partial charge in [-0.3, -0.25) is 4.79 Å². The number of amides is 1. The molecule has 2 aromatic rings. The number of carbonyl (C=O) groups is 1. The molecule has 0 aliphatic carbocycles. The fraction of sp³-hybridized carbons (Fsp3) is 0.500. The highest BCUT2D eigenvalue weighted by atomic mass is 16.1. The van der Waals surface area contributed by atoms with Gasteiger partial charge in [0.25, 0.3) is 0 Å². The predicted molar refractivity (Wildman–Crippen MR) is 81.3 cm³/mol. The molecule has 0 saturated carbocycles. The van der Waals surface area contributed by atoms with Crippen LogP contribution in [-0.4, -0.2) is 39.9 Å². The molecular weight excluding hydrogens is 268 g/mol. The minimum atomic E-state index is -0.501. The largest absolute Gasteiger partial charge is 0.369 e. The number of carbonyl (C=O) groups excluding carboxylic acids is 1. The molecule has 3 rings (SSSR count). The minimum Gasteiger partial charge on any atom is -0.369 e. The van der Waals surface area contributed by atoms with Crippen molar-refractivity contribution in [3.05, 3.63) is 18.6 Å². The van der Waals surface area contributed by atoms with Crippen LogP contribution in [0.2, 0.25) is 0 Å². The highest BCUT2D eigenvalue weighted by Crippen LogP contribution is 2.34. The standard InChI is InChI=1S/C14H20N6O/c1-3-16-10-8-19-7-5-17-11(19)12(18-10)20-6-4-14(2,9-20)13(15)21/h5,7-8,16H,3-4,6,9H2,1-2H3,(H2,15,21). The van der Waals surface area contributed by atoms with E-state index in [2.05, 4.69) is 20.2 Å². The molecule has 7 nitrogen and oxygen atoms in total. The molecule has 7 heteroatoms. The zero-order chi connectivity index (χ0) is 15.0. The van der Waals surface area contributed by atoms with Crippen LogP contribution in [0.3, 0.4) is 0 Å². The average molecular weight is 288 g/mol. The number of nitrogens with zero attached hydrogens (tertiary/aromatic N) is 4. The number of primary amides is 1. The highest BCUT2D eigenvalue weighted by molar-refractivity contribution is 5.82. The Morgan fingerprint density at radius 3 is 3.05 bits per heavy atom. The van der Waals surface area contributed by atoms with Crippen LogP contribution in [0.1, 0.15) is 20.3 Å². The molecule has 112 valence electrons. The minimum absolute atomic E-state index is 0.257. The van der Waals surface area contributed by atoms with E-state index >= 15 is 0 Å². The van der Waals surface area contributed by atoms with Crippen molar-refractivity contribution in [2.45, 2.75) is 20.3 Å². The summed E-state index contributed by atoms with van der Waals surface area (Å²) >= 11 is 0. The smallest absolute Gasteiger partial charge is 0.225 e. The SMILES string of the molecule is CCNc1cn2ccnc2c(N2CCC(C)(C(N)=O)C2)n1. The summed E-state index contributed by atoms with van der Waals surface area (Å²) in [6, 6.07) is 0. The maximum Gasteiger partial charge on any atom is 0.225 e. The first-order valence-corrected chi connectivity index (χ1v) is 7.16. The van der Waals surface area contributed by atoms with Crippen LogP contribution in [-0.2, 0) is 4.79 Å². The summed E-state index contributed by atoms with van der Waals surface area (Å²) in [5.41, 5.74) is 5.82. The van der Waals surface area contributed by atoms with Crippen LogP contribution in [0, 0.1) is 5.41 Å². The van der Waals surface area contributed by atoms with Gasteiger partial charge in [0.05, 0.1) is 11.6 Å². The van der Waals surface area contributed by atoms with Crippen molar-refractivity contribution in [3.63, 3.8) is 0 Å². The molecule has 1 amide bonds. The number of rotatable bonds is 4. The number of nitrogens with one attached hydrogen (secondary N) is 1. The molecule has 21 heavy (non-hydrogen) atoms. The summed E-state index contributed by atoms with van der Waals surface area (Å²) in [4.78, 5) is 22.7. The fourth-order valence-corrected chi connectivity index (χ4v) is 2.74. The Kier molecular flexibility index (Phi) is 3.19. The van der Waals surface area contributed by atoms with Gasteiger partial charge in [-0.05, 0) is 20.3 Å². The number of imidazole rings is 1. The lowest BCUT2D eigenvalue weighted by atomic mass is 9.89. The van der Waals surface area contributed by atoms with Gasteiger partial charge >= 0.3 is 0 Å². The second kappa shape index (κ2) is 4.91. The van der Waals surface area contributed by atoms with Crippen LogP contribution >= 0.6 is 0 Å². The van der Waals surface area contributed by atoms with E-state index in [4.69, 9.17) is 5.73 Å². The second-order valence-electron chi connectivity index (χ2n) is 5.73. The predicted octanol–water partition coefficient (Wildman–Crippen LogP) is 0.863. The third-order valence-corrected chi connectivity index (χ3v) is 4.08. The molecule has 1 aliphatic heterocycles. The molecule has 1 aliphatic rings. The van der Waals surface area contributed by atoms with E-state index in [1.165, 1.54) is 0 Å². The summed E-state index contributed by atoms with van der Waals surface area (Å²) in [7, 11) is 0. The van der Waals surface area contributed by atoms with E-state index in [-0.39, 0.29) is 5.91 Å². The Morgan fingerprint density at radius 1 is 1.57 bits per heavy atom. The number of anilines is 2. The molecule has 0 radical (unpaired) electrons. The third kappa shape index (κ3) is 2.28. The van der Waals surface area contributed by atoms with Crippen LogP contribution < -0.4 is 16.0 Å². The van der Waals surface area contributed by atoms with Gasteiger partial charge in [-0.25, -0.2) is 9.97 Å². The summed E-state index contributed by atoms with van der Waals surface area (Å²) in [5.74, 6) is 1.33. The molecule has 3 heterocycles. The number of hydrogen-bond acceptors (Lipinski definition) is 5. The normalized spacial score (nSPS) is 21.9. The lowest BCUT2D eigenvalue weighted by molar-refractivity contribution is -0.125. The van der Waals surface area contributed by atoms with Crippen molar-refractivity contribution in [2.75, 3.05) is 29.9 Å². The summed E-state index contributed by atoms with van der Waals surface area (Å²) in [5, 5.41) is 3.22. The van der Waals surface area contributed by atoms with Crippen molar-refractivity contribution in [1.82, 2.24) is 14.4 Å². The lowest BCUT2D eigenvalue weighted by Crippen LogP contribution is -2.37. The quantitative estimate of drug-likeness (QED) is 0.871. The van der Waals surface area contributed by atoms with Crippen molar-refractivity contribution < 1.29 is 4.79 Å². The first-order valence-electron chi connectivity index (χ1n) is 7.16. The Morgan fingerprint density at radius 2 is 2.38 bits per heavy atom. The Balaban J connectivity index is 2.00. The lowest BCUT2D eigenvalue weighted by Gasteiger charge is -2.22. The van der Waals surface area contributed by atoms with E-state index in [0.717, 1.165) is 36.8 Å². The van der Waals surface area contributed by atoms with Gasteiger partial charge in [-0.2, -0.15) is 0 Å². The van der Waals surface area contributed by atoms with Crippen molar-refractivity contribution in [2.24, 2.45) is 11.1 Å². The summed E-state index contributed by atoms with van der Waals surface area (Å²) < 4.78 is 1.94. The molecule has 3 N–H and O–H groups in total. The first kappa shape index (κ1) is 13.7. The van der Waals surface area contributed by atoms with E-state index in [1.807, 2.05) is 30.6 Å². The van der Waals surface area contributed by atoms with E-state index < -0.39 is 5.41 Å². The third-order valence-electron chi connectivity index (χ3n) is 4.08. The molecule has 0 spiro atoms. The zero-order valence-electron chi connectivity index (χ0n) is 12.3. The number of aromatic nitrogens is 3. The number of nitrogens with two attached hydrogens (primary N) is 1.